The topological polar surface area (TPSA) is 55.6 Å². The summed E-state index contributed by atoms with van der Waals surface area (Å²) >= 11 is 1.77. The van der Waals surface area contributed by atoms with Crippen LogP contribution in [0.1, 0.15) is 17.4 Å². The Kier molecular flexibility index (Phi) is 3.04. The van der Waals surface area contributed by atoms with E-state index < -0.39 is 0 Å². The Hall–Kier alpha value is -1.73. The minimum Gasteiger partial charge on any atom is -0.378 e. The molecule has 1 fully saturated rings. The lowest BCUT2D eigenvalue weighted by atomic mass is 10.2. The summed E-state index contributed by atoms with van der Waals surface area (Å²) in [4.78, 5) is 14.0. The van der Waals surface area contributed by atoms with Crippen LogP contribution in [0.2, 0.25) is 0 Å². The summed E-state index contributed by atoms with van der Waals surface area (Å²) in [6.45, 7) is 7.50. The number of hydrogen-bond donors (Lipinski definition) is 0. The van der Waals surface area contributed by atoms with Gasteiger partial charge in [0.05, 0.1) is 18.6 Å². The molecule has 1 aliphatic rings. The highest BCUT2D eigenvalue weighted by Crippen LogP contribution is 2.34. The first-order valence-electron chi connectivity index (χ1n) is 7.24. The zero-order chi connectivity index (χ0) is 14.4. The first-order valence-corrected chi connectivity index (χ1v) is 8.05. The Labute approximate surface area is 126 Å². The van der Waals surface area contributed by atoms with E-state index in [1.807, 2.05) is 4.52 Å². The number of aryl methyl sites for hydroxylation is 2. The second kappa shape index (κ2) is 4.92. The molecule has 4 rings (SSSR count). The summed E-state index contributed by atoms with van der Waals surface area (Å²) < 4.78 is 7.30. The number of rotatable bonds is 2. The van der Waals surface area contributed by atoms with Crippen LogP contribution in [0.15, 0.2) is 6.33 Å². The Morgan fingerprint density at radius 3 is 2.90 bits per heavy atom. The van der Waals surface area contributed by atoms with E-state index in [0.29, 0.717) is 0 Å². The van der Waals surface area contributed by atoms with Crippen molar-refractivity contribution in [3.8, 4) is 0 Å². The van der Waals surface area contributed by atoms with Crippen LogP contribution >= 0.6 is 11.3 Å². The lowest BCUT2D eigenvalue weighted by Crippen LogP contribution is -2.38. The molecule has 0 aliphatic carbocycles. The van der Waals surface area contributed by atoms with Gasteiger partial charge in [-0.2, -0.15) is 9.61 Å². The van der Waals surface area contributed by atoms with Gasteiger partial charge in [0.2, 0.25) is 5.95 Å². The molecule has 0 aromatic carbocycles. The van der Waals surface area contributed by atoms with Crippen molar-refractivity contribution in [2.45, 2.75) is 20.3 Å². The van der Waals surface area contributed by atoms with Gasteiger partial charge < -0.3 is 9.64 Å². The molecule has 0 bridgehead atoms. The molecular weight excluding hydrogens is 286 g/mol. The van der Waals surface area contributed by atoms with Gasteiger partial charge in [0.15, 0.2) is 5.65 Å². The third-order valence-electron chi connectivity index (χ3n) is 4.00. The van der Waals surface area contributed by atoms with Crippen molar-refractivity contribution in [1.29, 1.82) is 0 Å². The van der Waals surface area contributed by atoms with Crippen LogP contribution in [0.25, 0.3) is 15.9 Å². The van der Waals surface area contributed by atoms with Crippen molar-refractivity contribution in [2.24, 2.45) is 0 Å². The molecule has 7 heteroatoms. The van der Waals surface area contributed by atoms with Crippen LogP contribution in [-0.4, -0.2) is 45.9 Å². The normalized spacial score (nSPS) is 16.2. The van der Waals surface area contributed by atoms with E-state index in [-0.39, 0.29) is 0 Å². The van der Waals surface area contributed by atoms with Gasteiger partial charge in [-0.3, -0.25) is 0 Å². The number of aromatic nitrogens is 4. The molecular formula is C14H17N5OS. The third kappa shape index (κ3) is 1.91. The Morgan fingerprint density at radius 2 is 2.14 bits per heavy atom. The summed E-state index contributed by atoms with van der Waals surface area (Å²) in [5.74, 6) is 0.877. The minimum absolute atomic E-state index is 0.736. The number of hydrogen-bond acceptors (Lipinski definition) is 6. The first kappa shape index (κ1) is 13.0. The van der Waals surface area contributed by atoms with Crippen LogP contribution in [0.3, 0.4) is 0 Å². The fourth-order valence-corrected chi connectivity index (χ4v) is 3.99. The molecule has 1 saturated heterocycles. The standard InChI is InChI=1S/C14H17N5OS/c1-3-10-9(2)11-12-15-8-16-19(12)14(17-13(11)21-10)18-4-6-20-7-5-18/h8H,3-7H2,1-2H3. The Bertz CT molecular complexity index is 803. The van der Waals surface area contributed by atoms with Gasteiger partial charge in [0.25, 0.3) is 0 Å². The minimum atomic E-state index is 0.736. The largest absolute Gasteiger partial charge is 0.378 e. The Morgan fingerprint density at radius 1 is 1.33 bits per heavy atom. The molecule has 1 aliphatic heterocycles. The summed E-state index contributed by atoms with van der Waals surface area (Å²) in [5.41, 5.74) is 2.20. The first-order chi connectivity index (χ1) is 10.3. The smallest absolute Gasteiger partial charge is 0.230 e. The average molecular weight is 303 g/mol. The molecule has 0 unspecified atom stereocenters. The predicted molar refractivity (Wildman–Crippen MR) is 83.3 cm³/mol. The van der Waals surface area contributed by atoms with E-state index in [0.717, 1.165) is 54.5 Å². The quantitative estimate of drug-likeness (QED) is 0.725. The summed E-state index contributed by atoms with van der Waals surface area (Å²) in [6.07, 6.45) is 2.64. The lowest BCUT2D eigenvalue weighted by molar-refractivity contribution is 0.122. The van der Waals surface area contributed by atoms with Gasteiger partial charge in [-0.1, -0.05) is 6.92 Å². The maximum atomic E-state index is 5.43. The molecule has 0 radical (unpaired) electrons. The van der Waals surface area contributed by atoms with E-state index in [4.69, 9.17) is 9.72 Å². The van der Waals surface area contributed by atoms with E-state index in [1.54, 1.807) is 17.7 Å². The zero-order valence-corrected chi connectivity index (χ0v) is 13.0. The van der Waals surface area contributed by atoms with Crippen LogP contribution in [0.5, 0.6) is 0 Å². The second-order valence-corrected chi connectivity index (χ2v) is 6.27. The molecule has 0 atom stereocenters. The molecule has 110 valence electrons. The van der Waals surface area contributed by atoms with Gasteiger partial charge in [0.1, 0.15) is 11.2 Å². The monoisotopic (exact) mass is 303 g/mol. The van der Waals surface area contributed by atoms with Crippen LogP contribution in [0, 0.1) is 6.92 Å². The lowest BCUT2D eigenvalue weighted by Gasteiger charge is -2.27. The van der Waals surface area contributed by atoms with Crippen molar-refractivity contribution in [1.82, 2.24) is 19.6 Å². The highest BCUT2D eigenvalue weighted by Gasteiger charge is 2.21. The SMILES string of the molecule is CCc1sc2nc(N3CCOCC3)n3ncnc3c2c1C. The number of thiophene rings is 1. The highest BCUT2D eigenvalue weighted by molar-refractivity contribution is 7.19. The molecule has 3 aromatic rings. The van der Waals surface area contributed by atoms with Crippen molar-refractivity contribution in [2.75, 3.05) is 31.2 Å². The number of ether oxygens (including phenoxy) is 1. The van der Waals surface area contributed by atoms with Gasteiger partial charge >= 0.3 is 0 Å². The number of fused-ring (bicyclic) bond motifs is 3. The molecule has 3 aromatic heterocycles. The van der Waals surface area contributed by atoms with E-state index in [1.165, 1.54) is 10.4 Å². The summed E-state index contributed by atoms with van der Waals surface area (Å²) in [5, 5.41) is 5.53. The summed E-state index contributed by atoms with van der Waals surface area (Å²) in [7, 11) is 0. The third-order valence-corrected chi connectivity index (χ3v) is 5.33. The van der Waals surface area contributed by atoms with Gasteiger partial charge in [-0.05, 0) is 18.9 Å². The predicted octanol–water partition coefficient (Wildman–Crippen LogP) is 2.05. The molecule has 0 N–H and O–H groups in total. The van der Waals surface area contributed by atoms with Gasteiger partial charge in [-0.25, -0.2) is 9.97 Å². The van der Waals surface area contributed by atoms with Crippen molar-refractivity contribution >= 4 is 33.1 Å². The van der Waals surface area contributed by atoms with Crippen LogP contribution < -0.4 is 4.90 Å². The molecule has 0 amide bonds. The molecule has 6 nitrogen and oxygen atoms in total. The molecule has 21 heavy (non-hydrogen) atoms. The van der Waals surface area contributed by atoms with Gasteiger partial charge in [-0.15, -0.1) is 11.3 Å². The van der Waals surface area contributed by atoms with E-state index >= 15 is 0 Å². The summed E-state index contributed by atoms with van der Waals surface area (Å²) in [6, 6.07) is 0. The van der Waals surface area contributed by atoms with Crippen molar-refractivity contribution in [3.63, 3.8) is 0 Å². The maximum Gasteiger partial charge on any atom is 0.230 e. The maximum absolute atomic E-state index is 5.43. The molecule has 0 spiro atoms. The molecule has 4 heterocycles. The Balaban J connectivity index is 1.99. The van der Waals surface area contributed by atoms with Crippen LogP contribution in [0.4, 0.5) is 5.95 Å². The zero-order valence-electron chi connectivity index (χ0n) is 12.2. The molecule has 0 saturated carbocycles. The average Bonchev–Trinajstić information content (AvgIpc) is 3.11. The van der Waals surface area contributed by atoms with Crippen LogP contribution in [-0.2, 0) is 11.2 Å². The second-order valence-electron chi connectivity index (χ2n) is 5.19. The van der Waals surface area contributed by atoms with Crippen molar-refractivity contribution in [3.05, 3.63) is 16.8 Å². The highest BCUT2D eigenvalue weighted by atomic mass is 32.1. The van der Waals surface area contributed by atoms with Gasteiger partial charge in [0, 0.05) is 18.0 Å². The van der Waals surface area contributed by atoms with E-state index in [2.05, 4.69) is 28.8 Å². The number of anilines is 1. The number of nitrogens with zero attached hydrogens (tertiary/aromatic N) is 5. The van der Waals surface area contributed by atoms with E-state index in [9.17, 15) is 0 Å². The fraction of sp³-hybridized carbons (Fsp3) is 0.500. The van der Waals surface area contributed by atoms with Crippen molar-refractivity contribution < 1.29 is 4.74 Å². The number of morpholine rings is 1. The fourth-order valence-electron chi connectivity index (χ4n) is 2.89.